The van der Waals surface area contributed by atoms with Crippen LogP contribution in [0.4, 0.5) is 0 Å². The van der Waals surface area contributed by atoms with Crippen LogP contribution < -0.4 is 0 Å². The summed E-state index contributed by atoms with van der Waals surface area (Å²) >= 11 is 0. The van der Waals surface area contributed by atoms with Crippen molar-refractivity contribution in [2.45, 2.75) is 44.9 Å². The lowest BCUT2D eigenvalue weighted by molar-refractivity contribution is -0.131. The highest BCUT2D eigenvalue weighted by Gasteiger charge is 2.20. The molecule has 2 nitrogen and oxygen atoms in total. The Labute approximate surface area is 108 Å². The van der Waals surface area contributed by atoms with Gasteiger partial charge >= 0.3 is 5.97 Å². The van der Waals surface area contributed by atoms with Crippen LogP contribution in [0, 0.1) is 6.92 Å². The van der Waals surface area contributed by atoms with Crippen molar-refractivity contribution in [3.63, 3.8) is 0 Å². The van der Waals surface area contributed by atoms with E-state index in [9.17, 15) is 4.79 Å². The van der Waals surface area contributed by atoms with E-state index in [4.69, 9.17) is 5.11 Å². The number of carbonyl (C=O) groups is 1. The topological polar surface area (TPSA) is 37.3 Å². The van der Waals surface area contributed by atoms with Crippen LogP contribution in [-0.2, 0) is 4.79 Å². The third kappa shape index (κ3) is 3.22. The number of benzene rings is 1. The number of aliphatic carboxylic acids is 1. The molecule has 2 heteroatoms. The second-order valence-electron chi connectivity index (χ2n) is 5.12. The lowest BCUT2D eigenvalue weighted by atomic mass is 9.86. The number of allylic oxidation sites excluding steroid dienone is 1. The van der Waals surface area contributed by atoms with E-state index < -0.39 is 5.97 Å². The molecule has 0 spiro atoms. The van der Waals surface area contributed by atoms with Crippen LogP contribution in [-0.4, -0.2) is 11.1 Å². The van der Waals surface area contributed by atoms with Gasteiger partial charge in [-0.05, 0) is 31.7 Å². The van der Waals surface area contributed by atoms with Crippen molar-refractivity contribution in [2.24, 2.45) is 0 Å². The molecule has 1 aliphatic rings. The summed E-state index contributed by atoms with van der Waals surface area (Å²) in [7, 11) is 0. The second-order valence-corrected chi connectivity index (χ2v) is 5.12. The molecule has 1 aromatic rings. The Kier molecular flexibility index (Phi) is 4.19. The van der Waals surface area contributed by atoms with Crippen LogP contribution in [0.3, 0.4) is 0 Å². The first-order valence-corrected chi connectivity index (χ1v) is 6.67. The van der Waals surface area contributed by atoms with Gasteiger partial charge in [-0.15, -0.1) is 0 Å². The van der Waals surface area contributed by atoms with Crippen LogP contribution in [0.1, 0.15) is 49.1 Å². The van der Waals surface area contributed by atoms with E-state index in [1.807, 2.05) is 0 Å². The van der Waals surface area contributed by atoms with E-state index in [0.717, 1.165) is 24.8 Å². The van der Waals surface area contributed by atoms with Crippen LogP contribution in [0.15, 0.2) is 35.9 Å². The smallest absolute Gasteiger partial charge is 0.328 e. The highest BCUT2D eigenvalue weighted by Crippen LogP contribution is 2.36. The van der Waals surface area contributed by atoms with Gasteiger partial charge in [-0.2, -0.15) is 0 Å². The molecule has 1 saturated carbocycles. The number of carboxylic acid groups (broad SMARTS) is 1. The zero-order valence-corrected chi connectivity index (χ0v) is 10.9. The predicted molar refractivity (Wildman–Crippen MR) is 72.7 cm³/mol. The zero-order valence-electron chi connectivity index (χ0n) is 10.9. The molecule has 18 heavy (non-hydrogen) atoms. The molecule has 2 rings (SSSR count). The molecule has 1 fully saturated rings. The van der Waals surface area contributed by atoms with Gasteiger partial charge in [0.05, 0.1) is 0 Å². The first-order chi connectivity index (χ1) is 8.66. The molecule has 0 aromatic heterocycles. The van der Waals surface area contributed by atoms with Gasteiger partial charge in [0, 0.05) is 12.0 Å². The maximum absolute atomic E-state index is 10.9. The fourth-order valence-corrected chi connectivity index (χ4v) is 2.81. The molecule has 0 heterocycles. The molecule has 0 amide bonds. The molecule has 0 saturated heterocycles. The Morgan fingerprint density at radius 1 is 1.33 bits per heavy atom. The van der Waals surface area contributed by atoms with Crippen molar-refractivity contribution in [3.05, 3.63) is 47.0 Å². The Morgan fingerprint density at radius 2 is 2.17 bits per heavy atom. The van der Waals surface area contributed by atoms with Gasteiger partial charge in [-0.3, -0.25) is 0 Å². The average Bonchev–Trinajstić information content (AvgIpc) is 2.54. The van der Waals surface area contributed by atoms with Gasteiger partial charge in [0.2, 0.25) is 0 Å². The number of hydrogen-bond donors (Lipinski definition) is 1. The van der Waals surface area contributed by atoms with E-state index in [0.29, 0.717) is 5.92 Å². The summed E-state index contributed by atoms with van der Waals surface area (Å²) < 4.78 is 0. The molecular formula is C16H20O2. The number of rotatable bonds is 2. The summed E-state index contributed by atoms with van der Waals surface area (Å²) in [6, 6.07) is 8.46. The highest BCUT2D eigenvalue weighted by molar-refractivity contribution is 5.81. The quantitative estimate of drug-likeness (QED) is 0.629. The summed E-state index contributed by atoms with van der Waals surface area (Å²) in [6.45, 7) is 2.08. The van der Waals surface area contributed by atoms with Gasteiger partial charge in [-0.1, -0.05) is 48.2 Å². The number of hydrogen-bond acceptors (Lipinski definition) is 1. The van der Waals surface area contributed by atoms with Gasteiger partial charge < -0.3 is 5.11 Å². The molecule has 96 valence electrons. The highest BCUT2D eigenvalue weighted by atomic mass is 16.4. The van der Waals surface area contributed by atoms with E-state index in [2.05, 4.69) is 31.2 Å². The molecule has 1 unspecified atom stereocenters. The van der Waals surface area contributed by atoms with Crippen LogP contribution >= 0.6 is 0 Å². The van der Waals surface area contributed by atoms with E-state index in [1.54, 1.807) is 0 Å². The molecule has 0 bridgehead atoms. The third-order valence-corrected chi connectivity index (χ3v) is 3.66. The molecule has 0 radical (unpaired) electrons. The Balaban J connectivity index is 2.34. The van der Waals surface area contributed by atoms with Crippen LogP contribution in [0.2, 0.25) is 0 Å². The summed E-state index contributed by atoms with van der Waals surface area (Å²) in [5.41, 5.74) is 3.60. The lowest BCUT2D eigenvalue weighted by Crippen LogP contribution is -2.04. The van der Waals surface area contributed by atoms with Gasteiger partial charge in [0.15, 0.2) is 0 Å². The minimum absolute atomic E-state index is 0.295. The van der Waals surface area contributed by atoms with Gasteiger partial charge in [-0.25, -0.2) is 4.79 Å². The SMILES string of the molecule is Cc1cccc(C2CCCCC/C2=C\C(=O)O)c1. The van der Waals surface area contributed by atoms with Crippen LogP contribution in [0.25, 0.3) is 0 Å². The van der Waals surface area contributed by atoms with E-state index in [-0.39, 0.29) is 0 Å². The summed E-state index contributed by atoms with van der Waals surface area (Å²) in [4.78, 5) is 10.9. The largest absolute Gasteiger partial charge is 0.478 e. The molecular weight excluding hydrogens is 224 g/mol. The zero-order chi connectivity index (χ0) is 13.0. The fourth-order valence-electron chi connectivity index (χ4n) is 2.81. The Morgan fingerprint density at radius 3 is 2.89 bits per heavy atom. The van der Waals surface area contributed by atoms with Crippen molar-refractivity contribution in [1.29, 1.82) is 0 Å². The second kappa shape index (κ2) is 5.85. The summed E-state index contributed by atoms with van der Waals surface area (Å²) in [5.74, 6) is -0.520. The first kappa shape index (κ1) is 12.9. The van der Waals surface area contributed by atoms with Crippen molar-refractivity contribution >= 4 is 5.97 Å². The average molecular weight is 244 g/mol. The fraction of sp³-hybridized carbons (Fsp3) is 0.438. The first-order valence-electron chi connectivity index (χ1n) is 6.67. The maximum Gasteiger partial charge on any atom is 0.328 e. The minimum Gasteiger partial charge on any atom is -0.478 e. The van der Waals surface area contributed by atoms with Crippen molar-refractivity contribution in [3.8, 4) is 0 Å². The normalized spacial score (nSPS) is 22.7. The molecule has 1 aromatic carbocycles. The van der Waals surface area contributed by atoms with Crippen LogP contribution in [0.5, 0.6) is 0 Å². The lowest BCUT2D eigenvalue weighted by Gasteiger charge is -2.18. The molecule has 1 atom stereocenters. The van der Waals surface area contributed by atoms with Crippen molar-refractivity contribution in [2.75, 3.05) is 0 Å². The van der Waals surface area contributed by atoms with Crippen molar-refractivity contribution in [1.82, 2.24) is 0 Å². The standard InChI is InChI=1S/C16H20O2/c1-12-6-5-8-13(10-12)15-9-4-2-3-7-14(15)11-16(17)18/h5-6,8,10-11,15H,2-4,7,9H2,1H3,(H,17,18)/b14-11+. The molecule has 1 aliphatic carbocycles. The number of aryl methyl sites for hydroxylation is 1. The van der Waals surface area contributed by atoms with E-state index in [1.165, 1.54) is 30.0 Å². The summed E-state index contributed by atoms with van der Waals surface area (Å²) in [6.07, 6.45) is 6.93. The maximum atomic E-state index is 10.9. The Bertz CT molecular complexity index is 460. The Hall–Kier alpha value is -1.57. The van der Waals surface area contributed by atoms with E-state index >= 15 is 0 Å². The van der Waals surface area contributed by atoms with Crippen molar-refractivity contribution < 1.29 is 9.90 Å². The summed E-state index contributed by atoms with van der Waals surface area (Å²) in [5, 5.41) is 9.00. The van der Waals surface area contributed by atoms with Gasteiger partial charge in [0.25, 0.3) is 0 Å². The number of carboxylic acids is 1. The minimum atomic E-state index is -0.815. The predicted octanol–water partition coefficient (Wildman–Crippen LogP) is 4.05. The van der Waals surface area contributed by atoms with Gasteiger partial charge in [0.1, 0.15) is 0 Å². The molecule has 1 N–H and O–H groups in total. The molecule has 0 aliphatic heterocycles. The monoisotopic (exact) mass is 244 g/mol. The third-order valence-electron chi connectivity index (χ3n) is 3.66.